The largest absolute Gasteiger partial charge is 0.500 e. The molecule has 1 unspecified atom stereocenters. The normalized spacial score (nSPS) is 16.3. The van der Waals surface area contributed by atoms with Gasteiger partial charge in [0.1, 0.15) is 0 Å². The van der Waals surface area contributed by atoms with Gasteiger partial charge in [-0.05, 0) is 6.42 Å². The highest BCUT2D eigenvalue weighted by Gasteiger charge is 2.37. The maximum Gasteiger partial charge on any atom is 0.500 e. The SMILES string of the molecule is CO[Si](CCCOP(C)(=O)O)(OC)OC. The van der Waals surface area contributed by atoms with Crippen molar-refractivity contribution in [2.24, 2.45) is 0 Å². The molecule has 0 rings (SSSR count). The zero-order chi connectivity index (χ0) is 11.9. The van der Waals surface area contributed by atoms with Crippen LogP contribution in [0.1, 0.15) is 6.42 Å². The Bertz CT molecular complexity index is 205. The van der Waals surface area contributed by atoms with Crippen LogP contribution in [0.15, 0.2) is 0 Å². The summed E-state index contributed by atoms with van der Waals surface area (Å²) in [5.74, 6) is 0. The van der Waals surface area contributed by atoms with E-state index in [4.69, 9.17) is 22.7 Å². The fraction of sp³-hybridized carbons (Fsp3) is 1.00. The lowest BCUT2D eigenvalue weighted by Gasteiger charge is -2.24. The minimum absolute atomic E-state index is 0.190. The molecule has 0 aromatic heterocycles. The Morgan fingerprint density at radius 1 is 1.20 bits per heavy atom. The summed E-state index contributed by atoms with van der Waals surface area (Å²) in [6.45, 7) is 1.34. The zero-order valence-electron chi connectivity index (χ0n) is 9.56. The van der Waals surface area contributed by atoms with Crippen molar-refractivity contribution in [1.82, 2.24) is 0 Å². The average Bonchev–Trinajstić information content (AvgIpc) is 2.18. The van der Waals surface area contributed by atoms with Crippen molar-refractivity contribution in [2.45, 2.75) is 12.5 Å². The molecule has 0 heterocycles. The number of hydrogen-bond acceptors (Lipinski definition) is 5. The van der Waals surface area contributed by atoms with Gasteiger partial charge in [0, 0.05) is 34.0 Å². The Labute approximate surface area is 91.4 Å². The van der Waals surface area contributed by atoms with Crippen molar-refractivity contribution < 1.29 is 27.3 Å². The summed E-state index contributed by atoms with van der Waals surface area (Å²) in [7, 11) is -1.37. The molecule has 6 nitrogen and oxygen atoms in total. The second-order valence-corrected chi connectivity index (χ2v) is 7.99. The summed E-state index contributed by atoms with van der Waals surface area (Å²) < 4.78 is 31.1. The first-order valence-corrected chi connectivity index (χ1v) is 8.45. The summed E-state index contributed by atoms with van der Waals surface area (Å²) >= 11 is 0. The summed E-state index contributed by atoms with van der Waals surface area (Å²) in [5, 5.41) is 0. The average molecular weight is 258 g/mol. The molecule has 15 heavy (non-hydrogen) atoms. The van der Waals surface area contributed by atoms with E-state index >= 15 is 0 Å². The fourth-order valence-corrected chi connectivity index (χ4v) is 3.24. The molecule has 0 amide bonds. The van der Waals surface area contributed by atoms with Gasteiger partial charge in [0.2, 0.25) is 0 Å². The van der Waals surface area contributed by atoms with Crippen molar-refractivity contribution in [2.75, 3.05) is 34.6 Å². The molecule has 0 bridgehead atoms. The monoisotopic (exact) mass is 258 g/mol. The van der Waals surface area contributed by atoms with Gasteiger partial charge in [0.05, 0.1) is 6.61 Å². The van der Waals surface area contributed by atoms with Crippen molar-refractivity contribution in [1.29, 1.82) is 0 Å². The first-order valence-electron chi connectivity index (χ1n) is 4.49. The molecular weight excluding hydrogens is 239 g/mol. The molecule has 0 spiro atoms. The summed E-state index contributed by atoms with van der Waals surface area (Å²) in [6, 6.07) is 0.552. The van der Waals surface area contributed by atoms with Gasteiger partial charge in [-0.1, -0.05) is 0 Å². The smallest absolute Gasteiger partial charge is 0.377 e. The molecule has 0 aliphatic carbocycles. The van der Waals surface area contributed by atoms with E-state index in [1.165, 1.54) is 21.3 Å². The van der Waals surface area contributed by atoms with Crippen LogP contribution in [0, 0.1) is 0 Å². The van der Waals surface area contributed by atoms with Crippen LogP contribution >= 0.6 is 7.60 Å². The summed E-state index contributed by atoms with van der Waals surface area (Å²) in [4.78, 5) is 8.87. The van der Waals surface area contributed by atoms with Crippen LogP contribution in [0.4, 0.5) is 0 Å². The van der Waals surface area contributed by atoms with E-state index in [0.29, 0.717) is 12.5 Å². The Hall–Kier alpha value is 0.247. The van der Waals surface area contributed by atoms with Gasteiger partial charge >= 0.3 is 16.4 Å². The van der Waals surface area contributed by atoms with Crippen LogP contribution in [0.3, 0.4) is 0 Å². The van der Waals surface area contributed by atoms with Crippen LogP contribution in [0.2, 0.25) is 6.04 Å². The fourth-order valence-electron chi connectivity index (χ4n) is 1.08. The third kappa shape index (κ3) is 6.42. The lowest BCUT2D eigenvalue weighted by Crippen LogP contribution is -2.42. The van der Waals surface area contributed by atoms with E-state index in [1.807, 2.05) is 0 Å². The van der Waals surface area contributed by atoms with Gasteiger partial charge in [0.15, 0.2) is 0 Å². The Morgan fingerprint density at radius 2 is 1.67 bits per heavy atom. The topological polar surface area (TPSA) is 74.2 Å². The summed E-state index contributed by atoms with van der Waals surface area (Å²) in [6.07, 6.45) is 0.556. The Balaban J connectivity index is 3.87. The number of rotatable bonds is 8. The number of hydrogen-bond donors (Lipinski definition) is 1. The maximum atomic E-state index is 10.8. The molecule has 0 aliphatic rings. The van der Waals surface area contributed by atoms with E-state index in [1.54, 1.807) is 0 Å². The molecule has 0 aromatic carbocycles. The van der Waals surface area contributed by atoms with Gasteiger partial charge in [-0.25, -0.2) is 0 Å². The van der Waals surface area contributed by atoms with Crippen molar-refractivity contribution in [3.8, 4) is 0 Å². The predicted octanol–water partition coefficient (Wildman–Crippen LogP) is 1.09. The molecule has 0 saturated carbocycles. The third-order valence-electron chi connectivity index (χ3n) is 1.89. The molecule has 8 heteroatoms. The van der Waals surface area contributed by atoms with Crippen molar-refractivity contribution >= 4 is 16.4 Å². The van der Waals surface area contributed by atoms with Gasteiger partial charge in [0.25, 0.3) is 0 Å². The molecule has 0 radical (unpaired) electrons. The molecule has 0 saturated heterocycles. The van der Waals surface area contributed by atoms with E-state index in [9.17, 15) is 4.57 Å². The molecule has 92 valence electrons. The van der Waals surface area contributed by atoms with Crippen molar-refractivity contribution in [3.05, 3.63) is 0 Å². The van der Waals surface area contributed by atoms with Gasteiger partial charge in [-0.2, -0.15) is 0 Å². The van der Waals surface area contributed by atoms with Crippen LogP contribution in [0.25, 0.3) is 0 Å². The van der Waals surface area contributed by atoms with E-state index in [2.05, 4.69) is 0 Å². The lowest BCUT2D eigenvalue weighted by molar-refractivity contribution is 0.120. The zero-order valence-corrected chi connectivity index (χ0v) is 11.5. The summed E-state index contributed by atoms with van der Waals surface area (Å²) in [5.41, 5.74) is 0. The molecule has 0 aromatic rings. The van der Waals surface area contributed by atoms with E-state index in [0.717, 1.165) is 6.66 Å². The van der Waals surface area contributed by atoms with Crippen LogP contribution < -0.4 is 0 Å². The third-order valence-corrected chi connectivity index (χ3v) is 5.38. The minimum atomic E-state index is -3.38. The standard InChI is InChI=1S/C7H19O6PSi/c1-10-15(11-2,12-3)7-5-6-13-14(4,8)9/h5-7H2,1-4H3,(H,8,9). The molecular formula is C7H19O6PSi. The highest BCUT2D eigenvalue weighted by atomic mass is 31.2. The highest BCUT2D eigenvalue weighted by molar-refractivity contribution is 7.51. The van der Waals surface area contributed by atoms with Crippen molar-refractivity contribution in [3.63, 3.8) is 0 Å². The minimum Gasteiger partial charge on any atom is -0.377 e. The van der Waals surface area contributed by atoms with Gasteiger partial charge < -0.3 is 22.7 Å². The quantitative estimate of drug-likeness (QED) is 0.399. The van der Waals surface area contributed by atoms with Gasteiger partial charge in [-0.15, -0.1) is 0 Å². The second kappa shape index (κ2) is 6.75. The van der Waals surface area contributed by atoms with Crippen LogP contribution in [-0.4, -0.2) is 48.3 Å². The van der Waals surface area contributed by atoms with Crippen LogP contribution in [-0.2, 0) is 22.4 Å². The second-order valence-electron chi connectivity index (χ2n) is 3.04. The molecule has 1 N–H and O–H groups in total. The molecule has 0 fully saturated rings. The Kier molecular flexibility index (Phi) is 6.86. The van der Waals surface area contributed by atoms with Gasteiger partial charge in [-0.3, -0.25) is 4.57 Å². The van der Waals surface area contributed by atoms with Crippen LogP contribution in [0.5, 0.6) is 0 Å². The maximum absolute atomic E-state index is 10.8. The molecule has 1 atom stereocenters. The highest BCUT2D eigenvalue weighted by Crippen LogP contribution is 2.36. The van der Waals surface area contributed by atoms with E-state index in [-0.39, 0.29) is 6.61 Å². The molecule has 0 aliphatic heterocycles. The lowest BCUT2D eigenvalue weighted by atomic mass is 10.5. The Morgan fingerprint density at radius 3 is 2.00 bits per heavy atom. The predicted molar refractivity (Wildman–Crippen MR) is 57.9 cm³/mol. The van der Waals surface area contributed by atoms with E-state index < -0.39 is 16.4 Å². The first kappa shape index (κ1) is 15.2. The first-order chi connectivity index (χ1) is 6.89.